The minimum Gasteiger partial charge on any atom is -0.504 e. The Morgan fingerprint density at radius 3 is 2.65 bits per heavy atom. The predicted octanol–water partition coefficient (Wildman–Crippen LogP) is 2.72. The van der Waals surface area contributed by atoms with Gasteiger partial charge >= 0.3 is 0 Å². The molecule has 0 bridgehead atoms. The molecule has 146 valence electrons. The summed E-state index contributed by atoms with van der Waals surface area (Å²) in [6.45, 7) is 7.78. The van der Waals surface area contributed by atoms with Crippen LogP contribution in [0.4, 0.5) is 0 Å². The average Bonchev–Trinajstić information content (AvgIpc) is 2.93. The number of ether oxygens (including phenoxy) is 1. The Labute approximate surface area is 157 Å². The summed E-state index contributed by atoms with van der Waals surface area (Å²) in [5.74, 6) is 1.43. The topological polar surface area (TPSA) is 69.1 Å². The van der Waals surface area contributed by atoms with Gasteiger partial charge in [-0.1, -0.05) is 25.0 Å². The molecular weight excluding hydrogens is 328 g/mol. The van der Waals surface area contributed by atoms with Crippen molar-refractivity contribution >= 4 is 5.96 Å². The number of hydrogen-bond acceptors (Lipinski definition) is 4. The number of nitrogens with one attached hydrogen (secondary N) is 2. The third-order valence-electron chi connectivity index (χ3n) is 4.70. The zero-order valence-corrected chi connectivity index (χ0v) is 16.3. The molecule has 0 saturated carbocycles. The van der Waals surface area contributed by atoms with E-state index in [9.17, 15) is 5.11 Å². The van der Waals surface area contributed by atoms with E-state index in [1.807, 2.05) is 12.1 Å². The maximum Gasteiger partial charge on any atom is 0.191 e. The number of likely N-dealkylation sites (tertiary alicyclic amines) is 1. The fourth-order valence-corrected chi connectivity index (χ4v) is 3.24. The molecule has 1 aromatic rings. The van der Waals surface area contributed by atoms with Gasteiger partial charge in [0.25, 0.3) is 0 Å². The lowest BCUT2D eigenvalue weighted by Gasteiger charge is -2.20. The summed E-state index contributed by atoms with van der Waals surface area (Å²) in [6, 6.07) is 5.48. The molecule has 1 fully saturated rings. The number of benzene rings is 1. The summed E-state index contributed by atoms with van der Waals surface area (Å²) in [6.07, 6.45) is 6.53. The average molecular weight is 363 g/mol. The van der Waals surface area contributed by atoms with E-state index in [1.54, 1.807) is 13.2 Å². The van der Waals surface area contributed by atoms with Gasteiger partial charge in [0.15, 0.2) is 17.5 Å². The highest BCUT2D eigenvalue weighted by atomic mass is 16.5. The SMILES string of the molecule is CCNC(=NCc1cccc(OC)c1O)NCCCN1CCCCCC1. The molecule has 1 heterocycles. The Balaban J connectivity index is 1.80. The molecular formula is C20H34N4O2. The first kappa shape index (κ1) is 20.4. The molecule has 1 aromatic carbocycles. The molecule has 1 aliphatic rings. The van der Waals surface area contributed by atoms with E-state index in [0.717, 1.165) is 37.6 Å². The minimum atomic E-state index is 0.163. The summed E-state index contributed by atoms with van der Waals surface area (Å²) in [5.41, 5.74) is 0.756. The molecule has 6 heteroatoms. The van der Waals surface area contributed by atoms with E-state index >= 15 is 0 Å². The smallest absolute Gasteiger partial charge is 0.191 e. The molecule has 26 heavy (non-hydrogen) atoms. The second-order valence-electron chi connectivity index (χ2n) is 6.70. The van der Waals surface area contributed by atoms with Crippen LogP contribution in [0.2, 0.25) is 0 Å². The van der Waals surface area contributed by atoms with Crippen molar-refractivity contribution in [3.8, 4) is 11.5 Å². The van der Waals surface area contributed by atoms with Gasteiger partial charge in [-0.25, -0.2) is 4.99 Å². The molecule has 0 unspecified atom stereocenters. The van der Waals surface area contributed by atoms with Crippen molar-refractivity contribution in [3.63, 3.8) is 0 Å². The summed E-state index contributed by atoms with van der Waals surface area (Å²) in [5, 5.41) is 16.8. The van der Waals surface area contributed by atoms with Crippen molar-refractivity contribution in [2.45, 2.75) is 45.6 Å². The number of aliphatic imine (C=N–C) groups is 1. The van der Waals surface area contributed by atoms with E-state index < -0.39 is 0 Å². The maximum absolute atomic E-state index is 10.2. The largest absolute Gasteiger partial charge is 0.504 e. The molecule has 0 amide bonds. The lowest BCUT2D eigenvalue weighted by molar-refractivity contribution is 0.282. The van der Waals surface area contributed by atoms with Crippen LogP contribution in [0.3, 0.4) is 0 Å². The van der Waals surface area contributed by atoms with Crippen LogP contribution in [0.1, 0.15) is 44.6 Å². The van der Waals surface area contributed by atoms with Crippen LogP contribution in [0.15, 0.2) is 23.2 Å². The highest BCUT2D eigenvalue weighted by Gasteiger charge is 2.09. The van der Waals surface area contributed by atoms with Gasteiger partial charge in [-0.2, -0.15) is 0 Å². The standard InChI is InChI=1S/C20H34N4O2/c1-3-21-20(22-12-9-15-24-13-6-4-5-7-14-24)23-16-17-10-8-11-18(26-2)19(17)25/h8,10-11,25H,3-7,9,12-16H2,1-2H3,(H2,21,22,23). The van der Waals surface area contributed by atoms with Gasteiger partial charge in [-0.3, -0.25) is 0 Å². The van der Waals surface area contributed by atoms with E-state index in [0.29, 0.717) is 12.3 Å². The number of aromatic hydroxyl groups is 1. The first-order chi connectivity index (χ1) is 12.7. The highest BCUT2D eigenvalue weighted by Crippen LogP contribution is 2.29. The molecule has 3 N–H and O–H groups in total. The number of hydrogen-bond donors (Lipinski definition) is 3. The summed E-state index contributed by atoms with van der Waals surface area (Å²) >= 11 is 0. The lowest BCUT2D eigenvalue weighted by Crippen LogP contribution is -2.39. The van der Waals surface area contributed by atoms with Crippen LogP contribution in [0, 0.1) is 0 Å². The van der Waals surface area contributed by atoms with Gasteiger partial charge in [0.05, 0.1) is 13.7 Å². The van der Waals surface area contributed by atoms with E-state index in [4.69, 9.17) is 4.74 Å². The number of guanidine groups is 1. The fraction of sp³-hybridized carbons (Fsp3) is 0.650. The van der Waals surface area contributed by atoms with Crippen LogP contribution >= 0.6 is 0 Å². The molecule has 6 nitrogen and oxygen atoms in total. The molecule has 0 aromatic heterocycles. The third-order valence-corrected chi connectivity index (χ3v) is 4.70. The van der Waals surface area contributed by atoms with Gasteiger partial charge in [0.1, 0.15) is 0 Å². The number of para-hydroxylation sites is 1. The molecule has 0 atom stereocenters. The van der Waals surface area contributed by atoms with Crippen molar-refractivity contribution in [1.29, 1.82) is 0 Å². The predicted molar refractivity (Wildman–Crippen MR) is 107 cm³/mol. The first-order valence-corrected chi connectivity index (χ1v) is 9.84. The Morgan fingerprint density at radius 2 is 1.96 bits per heavy atom. The van der Waals surface area contributed by atoms with Crippen molar-refractivity contribution < 1.29 is 9.84 Å². The van der Waals surface area contributed by atoms with Crippen molar-refractivity contribution in [3.05, 3.63) is 23.8 Å². The summed E-state index contributed by atoms with van der Waals surface area (Å²) < 4.78 is 5.15. The Bertz CT molecular complexity index is 555. The van der Waals surface area contributed by atoms with Gasteiger partial charge < -0.3 is 25.4 Å². The number of phenolic OH excluding ortho intramolecular Hbond substituents is 1. The molecule has 2 rings (SSSR count). The van der Waals surface area contributed by atoms with Crippen LogP contribution < -0.4 is 15.4 Å². The van der Waals surface area contributed by atoms with Gasteiger partial charge in [-0.05, 0) is 51.9 Å². The van der Waals surface area contributed by atoms with E-state index in [-0.39, 0.29) is 5.75 Å². The number of phenols is 1. The minimum absolute atomic E-state index is 0.163. The molecule has 1 saturated heterocycles. The second-order valence-corrected chi connectivity index (χ2v) is 6.70. The Kier molecular flexibility index (Phi) is 9.10. The Hall–Kier alpha value is -1.95. The van der Waals surface area contributed by atoms with E-state index in [1.165, 1.54) is 38.8 Å². The van der Waals surface area contributed by atoms with Gasteiger partial charge in [0, 0.05) is 18.7 Å². The molecule has 0 radical (unpaired) electrons. The number of nitrogens with zero attached hydrogens (tertiary/aromatic N) is 2. The zero-order valence-electron chi connectivity index (χ0n) is 16.3. The van der Waals surface area contributed by atoms with Gasteiger partial charge in [-0.15, -0.1) is 0 Å². The number of rotatable bonds is 8. The molecule has 1 aliphatic heterocycles. The van der Waals surface area contributed by atoms with Crippen LogP contribution in [-0.2, 0) is 6.54 Å². The zero-order chi connectivity index (χ0) is 18.6. The van der Waals surface area contributed by atoms with Crippen LogP contribution in [0.5, 0.6) is 11.5 Å². The molecule has 0 aliphatic carbocycles. The van der Waals surface area contributed by atoms with Crippen molar-refractivity contribution in [2.75, 3.05) is 39.8 Å². The van der Waals surface area contributed by atoms with Gasteiger partial charge in [0.2, 0.25) is 0 Å². The second kappa shape index (κ2) is 11.6. The van der Waals surface area contributed by atoms with Crippen molar-refractivity contribution in [2.24, 2.45) is 4.99 Å². The van der Waals surface area contributed by atoms with Crippen LogP contribution in [-0.4, -0.2) is 55.8 Å². The fourth-order valence-electron chi connectivity index (χ4n) is 3.24. The maximum atomic E-state index is 10.2. The van der Waals surface area contributed by atoms with Crippen LogP contribution in [0.25, 0.3) is 0 Å². The Morgan fingerprint density at radius 1 is 1.19 bits per heavy atom. The third kappa shape index (κ3) is 6.75. The molecule has 0 spiro atoms. The highest BCUT2D eigenvalue weighted by molar-refractivity contribution is 5.79. The number of methoxy groups -OCH3 is 1. The van der Waals surface area contributed by atoms with Crippen molar-refractivity contribution in [1.82, 2.24) is 15.5 Å². The summed E-state index contributed by atoms with van der Waals surface area (Å²) in [7, 11) is 1.55. The lowest BCUT2D eigenvalue weighted by atomic mass is 10.2. The quantitative estimate of drug-likeness (QED) is 0.377. The monoisotopic (exact) mass is 362 g/mol. The normalized spacial score (nSPS) is 16.2. The summed E-state index contributed by atoms with van der Waals surface area (Å²) in [4.78, 5) is 7.16. The van der Waals surface area contributed by atoms with E-state index in [2.05, 4.69) is 27.4 Å². The first-order valence-electron chi connectivity index (χ1n) is 9.84.